The lowest BCUT2D eigenvalue weighted by molar-refractivity contribution is -0.137. The van der Waals surface area contributed by atoms with Gasteiger partial charge in [-0.1, -0.05) is 207 Å². The molecule has 3 fully saturated rings. The van der Waals surface area contributed by atoms with Crippen LogP contribution in [0.15, 0.2) is 289 Å². The monoisotopic (exact) mass is 1890 g/mol. The van der Waals surface area contributed by atoms with Crippen LogP contribution in [0.1, 0.15) is 171 Å². The third kappa shape index (κ3) is 24.3. The quantitative estimate of drug-likeness (QED) is 0.0365. The fourth-order valence-electron chi connectivity index (χ4n) is 21.4. The Labute approximate surface area is 785 Å². The lowest BCUT2D eigenvalue weighted by Gasteiger charge is -2.38. The lowest BCUT2D eigenvalue weighted by atomic mass is 9.78. The molecule has 0 amide bonds. The summed E-state index contributed by atoms with van der Waals surface area (Å²) in [5, 5.41) is 0. The summed E-state index contributed by atoms with van der Waals surface area (Å²) in [7, 11) is -10.3. The maximum Gasteiger partial charge on any atom is 0.416 e. The minimum Gasteiger partial charge on any atom is -0.303 e. The summed E-state index contributed by atoms with van der Waals surface area (Å²) >= 11 is 2.13. The van der Waals surface area contributed by atoms with Gasteiger partial charge in [0.2, 0.25) is 19.9 Å². The third-order valence-corrected chi connectivity index (χ3v) is 40.0. The minimum atomic E-state index is -4.51. The van der Waals surface area contributed by atoms with Crippen molar-refractivity contribution in [3.05, 3.63) is 323 Å². The second-order valence-corrected chi connectivity index (χ2v) is 48.5. The van der Waals surface area contributed by atoms with E-state index in [1.165, 1.54) is 178 Å². The summed E-state index contributed by atoms with van der Waals surface area (Å²) in [6, 6.07) is 81.9. The molecule has 6 heterocycles. The van der Waals surface area contributed by atoms with E-state index in [4.69, 9.17) is 0 Å². The first-order valence-electron chi connectivity index (χ1n) is 47.2. The van der Waals surface area contributed by atoms with Gasteiger partial charge in [0.15, 0.2) is 0 Å². The van der Waals surface area contributed by atoms with Gasteiger partial charge in [-0.2, -0.15) is 21.8 Å². The zero-order chi connectivity index (χ0) is 91.7. The molecule has 0 spiro atoms. The Bertz CT molecular complexity index is 5980. The van der Waals surface area contributed by atoms with Crippen LogP contribution >= 0.6 is 22.7 Å². The number of sulfonamides is 3. The summed E-state index contributed by atoms with van der Waals surface area (Å²) in [4.78, 5) is 13.1. The van der Waals surface area contributed by atoms with E-state index in [-0.39, 0.29) is 34.5 Å². The number of alkyl halides is 3. The summed E-state index contributed by atoms with van der Waals surface area (Å²) < 4.78 is 153. The van der Waals surface area contributed by atoms with Crippen LogP contribution in [0.4, 0.5) is 13.2 Å². The number of pyridine rings is 1. The number of hydrogen-bond donors (Lipinski definition) is 0. The van der Waals surface area contributed by atoms with Crippen molar-refractivity contribution in [1.29, 1.82) is 0 Å². The Balaban J connectivity index is 0.000000151. The Morgan fingerprint density at radius 2 is 0.702 bits per heavy atom. The maximum atomic E-state index is 13.9. The first-order chi connectivity index (χ1) is 63.2. The lowest BCUT2D eigenvalue weighted by Crippen LogP contribution is -2.44. The minimum absolute atomic E-state index is 0.0371. The van der Waals surface area contributed by atoms with Crippen molar-refractivity contribution in [2.45, 2.75) is 199 Å². The van der Waals surface area contributed by atoms with Crippen molar-refractivity contribution < 1.29 is 46.8 Å². The van der Waals surface area contributed by atoms with E-state index in [1.807, 2.05) is 36.4 Å². The molecule has 696 valence electrons. The largest absolute Gasteiger partial charge is 0.416 e. The summed E-state index contributed by atoms with van der Waals surface area (Å²) in [6.45, 7) is 10.6. The number of piperidine rings is 3. The van der Waals surface area contributed by atoms with E-state index in [9.17, 15) is 46.8 Å². The standard InChI is InChI=1S/C37H44N2O4S3.C36H43N3O2S2.C34H41F3N2O2S/c1-38(46(42,43)36-20-19-35(44-36)45(40,41)33-16-6-3-7-17-33)29-37(24-21-32-15-8-9-18-34(32)37)25-28-39-26-22-31(23-27-39)14-10-13-30-11-4-2-5-12-30;1-38(43(40,41)35-18-17-34(42-35)33-16-7-8-24-37-33)28-36(22-19-31-14-5-6-15-32(31)36)23-27-39-25-20-30(21-26-39)13-9-12-29-10-3-2-4-11-29;1-38(42(40,41)31-16-14-30(15-17-31)34(35,36)37)26-33(21-18-29-12-5-6-13-32(29)33)22-25-39-23-19-28(20-24-39)11-7-10-27-8-3-2-4-9-27/h2-9,11-12,15-20,31H,10,13-14,21-29H2,1H3;2-8,10-11,14-18,24,30H,9,12-13,19-23,25-28H2,1H3;2-6,8-9,12-17,28H,7,10-11,18-26H2,1H3. The van der Waals surface area contributed by atoms with Gasteiger partial charge in [0.25, 0.3) is 20.0 Å². The van der Waals surface area contributed by atoms with E-state index < -0.39 is 51.6 Å². The molecule has 3 aliphatic heterocycles. The van der Waals surface area contributed by atoms with Crippen molar-refractivity contribution in [1.82, 2.24) is 32.6 Å². The van der Waals surface area contributed by atoms with E-state index in [0.717, 1.165) is 193 Å². The van der Waals surface area contributed by atoms with Gasteiger partial charge < -0.3 is 14.7 Å². The van der Waals surface area contributed by atoms with Crippen molar-refractivity contribution >= 4 is 62.6 Å². The van der Waals surface area contributed by atoms with Crippen LogP contribution in [-0.2, 0) is 101 Å². The number of fused-ring (bicyclic) bond motifs is 3. The van der Waals surface area contributed by atoms with Crippen molar-refractivity contribution in [3.8, 4) is 10.6 Å². The molecule has 0 radical (unpaired) electrons. The average Bonchev–Trinajstić information content (AvgIpc) is 1.62. The highest BCUT2D eigenvalue weighted by Gasteiger charge is 2.46. The van der Waals surface area contributed by atoms with Crippen molar-refractivity contribution in [2.24, 2.45) is 17.8 Å². The molecule has 3 atom stereocenters. The number of halogens is 3. The molecular weight excluding hydrogens is 1760 g/mol. The predicted molar refractivity (Wildman–Crippen MR) is 523 cm³/mol. The Hall–Kier alpha value is -8.34. The van der Waals surface area contributed by atoms with Crippen LogP contribution in [-0.4, -0.2) is 166 Å². The smallest absolute Gasteiger partial charge is 0.303 e. The molecule has 3 unspecified atom stereocenters. The number of likely N-dealkylation sites (tertiary alicyclic amines) is 3. The Morgan fingerprint density at radius 3 is 1.08 bits per heavy atom. The van der Waals surface area contributed by atoms with Gasteiger partial charge in [-0.3, -0.25) is 4.98 Å². The highest BCUT2D eigenvalue weighted by atomic mass is 32.3. The van der Waals surface area contributed by atoms with Crippen LogP contribution in [0.2, 0.25) is 0 Å². The van der Waals surface area contributed by atoms with Crippen molar-refractivity contribution in [3.63, 3.8) is 0 Å². The fraction of sp³-hybridized carbons (Fsp3) is 0.430. The molecule has 15 nitrogen and oxygen atoms in total. The molecule has 0 N–H and O–H groups in total. The second kappa shape index (κ2) is 44.0. The normalized spacial score (nSPS) is 19.7. The van der Waals surface area contributed by atoms with Gasteiger partial charge in [0.05, 0.1) is 25.9 Å². The highest BCUT2D eigenvalue weighted by molar-refractivity contribution is 7.95. The molecule has 17 rings (SSSR count). The van der Waals surface area contributed by atoms with Crippen molar-refractivity contribution in [2.75, 3.05) is 99.7 Å². The number of benzene rings is 8. The van der Waals surface area contributed by atoms with E-state index in [0.29, 0.717) is 23.8 Å². The van der Waals surface area contributed by atoms with Crippen LogP contribution < -0.4 is 0 Å². The fourth-order valence-corrected chi connectivity index (χ4v) is 30.0. The van der Waals surface area contributed by atoms with Gasteiger partial charge >= 0.3 is 6.18 Å². The van der Waals surface area contributed by atoms with Crippen LogP contribution in [0.25, 0.3) is 10.6 Å². The number of thiophene rings is 2. The molecule has 0 saturated carbocycles. The number of nitrogens with zero attached hydrogens (tertiary/aromatic N) is 7. The third-order valence-electron chi connectivity index (χ3n) is 29.2. The van der Waals surface area contributed by atoms with Gasteiger partial charge in [-0.25, -0.2) is 38.0 Å². The number of likely N-dealkylation sites (N-methyl/N-ethyl adjacent to an activating group) is 3. The van der Waals surface area contributed by atoms with Crippen LogP contribution in [0.3, 0.4) is 0 Å². The second-order valence-electron chi connectivity index (χ2n) is 37.6. The topological polar surface area (TPSA) is 169 Å². The number of sulfone groups is 1. The predicted octanol–water partition coefficient (Wildman–Crippen LogP) is 22.0. The maximum absolute atomic E-state index is 13.9. The average molecular weight is 1890 g/mol. The van der Waals surface area contributed by atoms with E-state index in [2.05, 4.69) is 171 Å². The SMILES string of the molecule is CN(CC1(CCN2CCC(CCCc3ccccc3)CC2)CCc2ccccc21)S(=O)(=O)c1ccc(-c2ccccn2)s1.CN(CC1(CCN2CCC(CCCc3ccccc3)CC2)CCc2ccccc21)S(=O)(=O)c1ccc(C(F)(F)F)cc1.CN(CC1(CCN2CCC(CCCc3ccccc3)CC2)CCc2ccccc21)S(=O)(=O)c1ccc(S(=O)(=O)c2ccccc2)s1. The van der Waals surface area contributed by atoms with Gasteiger partial charge in [0.1, 0.15) is 12.6 Å². The number of rotatable bonds is 36. The Kier molecular flexibility index (Phi) is 32.6. The van der Waals surface area contributed by atoms with Crippen LogP contribution in [0.5, 0.6) is 0 Å². The van der Waals surface area contributed by atoms with Gasteiger partial charge in [0, 0.05) is 63.2 Å². The molecule has 3 aliphatic carbocycles. The molecule has 24 heteroatoms. The van der Waals surface area contributed by atoms with Crippen LogP contribution in [0, 0.1) is 17.8 Å². The molecular formula is C107H128F3N7O8S6. The first-order valence-corrected chi connectivity index (χ1v) is 54.6. The molecule has 6 aliphatic rings. The Morgan fingerprint density at radius 1 is 0.366 bits per heavy atom. The molecule has 3 aromatic heterocycles. The molecule has 3 saturated heterocycles. The first kappa shape index (κ1) is 97.2. The highest BCUT2D eigenvalue weighted by Crippen LogP contribution is 2.48. The number of aryl methyl sites for hydroxylation is 6. The molecule has 11 aromatic rings. The zero-order valence-corrected chi connectivity index (χ0v) is 81.0. The van der Waals surface area contributed by atoms with E-state index in [1.54, 1.807) is 55.9 Å². The van der Waals surface area contributed by atoms with Gasteiger partial charge in [-0.15, -0.1) is 22.7 Å². The number of hydrogen-bond acceptors (Lipinski definition) is 14. The molecule has 8 aromatic carbocycles. The summed E-state index contributed by atoms with van der Waals surface area (Å²) in [5.41, 5.74) is 11.2. The zero-order valence-electron chi connectivity index (χ0n) is 76.1. The summed E-state index contributed by atoms with van der Waals surface area (Å²) in [6.07, 6.45) is 23.9. The van der Waals surface area contributed by atoms with Gasteiger partial charge in [-0.05, 0) is 334 Å². The number of aromatic nitrogens is 1. The summed E-state index contributed by atoms with van der Waals surface area (Å²) in [5.74, 6) is 2.35. The molecule has 131 heavy (non-hydrogen) atoms. The molecule has 0 bridgehead atoms. The van der Waals surface area contributed by atoms with E-state index >= 15 is 0 Å².